The van der Waals surface area contributed by atoms with Gasteiger partial charge in [-0.3, -0.25) is 15.0 Å². The molecule has 0 radical (unpaired) electrons. The van der Waals surface area contributed by atoms with E-state index in [1.165, 1.54) is 16.3 Å². The molecule has 0 saturated carbocycles. The average Bonchev–Trinajstić information content (AvgIpc) is 2.77. The molecule has 0 atom stereocenters. The van der Waals surface area contributed by atoms with Crippen LogP contribution in [-0.2, 0) is 6.54 Å². The molecule has 0 bridgehead atoms. The van der Waals surface area contributed by atoms with Crippen molar-refractivity contribution in [3.05, 3.63) is 82.9 Å². The van der Waals surface area contributed by atoms with E-state index in [2.05, 4.69) is 58.0 Å². The fraction of sp³-hybridized carbons (Fsp3) is 0.308. The molecule has 5 heteroatoms. The summed E-state index contributed by atoms with van der Waals surface area (Å²) in [5.41, 5.74) is 3.97. The first kappa shape index (κ1) is 21.1. The number of aryl methyl sites for hydroxylation is 2. The first-order valence-corrected chi connectivity index (χ1v) is 10.9. The number of carbonyl (C=O) groups is 2. The molecule has 1 saturated heterocycles. The zero-order valence-corrected chi connectivity index (χ0v) is 18.2. The van der Waals surface area contributed by atoms with Gasteiger partial charge in [-0.2, -0.15) is 0 Å². The van der Waals surface area contributed by atoms with Crippen LogP contribution in [0.25, 0.3) is 10.8 Å². The van der Waals surface area contributed by atoms with Crippen LogP contribution in [0.5, 0.6) is 0 Å². The van der Waals surface area contributed by atoms with Crippen LogP contribution in [0.15, 0.2) is 60.7 Å². The van der Waals surface area contributed by atoms with Crippen molar-refractivity contribution in [2.24, 2.45) is 0 Å². The van der Waals surface area contributed by atoms with Crippen LogP contribution < -0.4 is 10.6 Å². The van der Waals surface area contributed by atoms with Crippen LogP contribution in [0.4, 0.5) is 4.79 Å². The van der Waals surface area contributed by atoms with Crippen molar-refractivity contribution in [1.29, 1.82) is 0 Å². The number of urea groups is 1. The number of imide groups is 1. The van der Waals surface area contributed by atoms with Gasteiger partial charge >= 0.3 is 6.03 Å². The summed E-state index contributed by atoms with van der Waals surface area (Å²) in [6.07, 6.45) is 1.75. The lowest BCUT2D eigenvalue weighted by atomic mass is 10.0. The Morgan fingerprint density at radius 2 is 1.65 bits per heavy atom. The fourth-order valence-corrected chi connectivity index (χ4v) is 4.11. The quantitative estimate of drug-likeness (QED) is 0.657. The number of fused-ring (bicyclic) bond motifs is 1. The molecule has 3 aromatic carbocycles. The number of benzene rings is 3. The van der Waals surface area contributed by atoms with E-state index in [1.807, 2.05) is 26.0 Å². The maximum Gasteiger partial charge on any atom is 0.321 e. The third-order valence-electron chi connectivity index (χ3n) is 6.14. The van der Waals surface area contributed by atoms with Crippen LogP contribution in [-0.4, -0.2) is 36.0 Å². The Hall–Kier alpha value is -3.18. The largest absolute Gasteiger partial charge is 0.335 e. The smallest absolute Gasteiger partial charge is 0.321 e. The molecular formula is C26H29N3O2. The molecule has 1 fully saturated rings. The minimum atomic E-state index is -0.420. The zero-order chi connectivity index (χ0) is 21.8. The van der Waals surface area contributed by atoms with E-state index in [1.54, 1.807) is 6.07 Å². The topological polar surface area (TPSA) is 61.4 Å². The molecule has 0 aliphatic carbocycles. The van der Waals surface area contributed by atoms with Crippen molar-refractivity contribution in [2.45, 2.75) is 39.3 Å². The molecule has 0 unspecified atom stereocenters. The lowest BCUT2D eigenvalue weighted by molar-refractivity contribution is 0.0961. The number of hydrogen-bond acceptors (Lipinski definition) is 3. The van der Waals surface area contributed by atoms with Crippen LogP contribution >= 0.6 is 0 Å². The van der Waals surface area contributed by atoms with Crippen LogP contribution in [0.3, 0.4) is 0 Å². The van der Waals surface area contributed by atoms with Gasteiger partial charge in [0.05, 0.1) is 0 Å². The van der Waals surface area contributed by atoms with Crippen molar-refractivity contribution in [3.8, 4) is 0 Å². The molecule has 2 N–H and O–H groups in total. The van der Waals surface area contributed by atoms with Gasteiger partial charge in [-0.15, -0.1) is 0 Å². The van der Waals surface area contributed by atoms with Gasteiger partial charge < -0.3 is 5.32 Å². The van der Waals surface area contributed by atoms with Gasteiger partial charge in [-0.25, -0.2) is 4.79 Å². The van der Waals surface area contributed by atoms with E-state index >= 15 is 0 Å². The van der Waals surface area contributed by atoms with Crippen molar-refractivity contribution >= 4 is 22.7 Å². The molecule has 3 aromatic rings. The Bertz CT molecular complexity index is 1100. The molecular weight excluding hydrogens is 386 g/mol. The number of nitrogens with zero attached hydrogens (tertiary/aromatic N) is 1. The van der Waals surface area contributed by atoms with E-state index < -0.39 is 6.03 Å². The highest BCUT2D eigenvalue weighted by Crippen LogP contribution is 2.19. The van der Waals surface area contributed by atoms with Gasteiger partial charge in [0.1, 0.15) is 0 Å². The predicted molar refractivity (Wildman–Crippen MR) is 124 cm³/mol. The van der Waals surface area contributed by atoms with E-state index in [4.69, 9.17) is 0 Å². The predicted octanol–water partition coefficient (Wildman–Crippen LogP) is 4.56. The Morgan fingerprint density at radius 3 is 2.39 bits per heavy atom. The van der Waals surface area contributed by atoms with Crippen LogP contribution in [0.2, 0.25) is 0 Å². The Labute approximate surface area is 183 Å². The number of nitrogens with one attached hydrogen (secondary N) is 2. The van der Waals surface area contributed by atoms with Gasteiger partial charge in [-0.1, -0.05) is 42.5 Å². The maximum absolute atomic E-state index is 12.3. The molecule has 3 amide bonds. The third-order valence-corrected chi connectivity index (χ3v) is 6.14. The molecule has 4 rings (SSSR count). The number of hydrogen-bond donors (Lipinski definition) is 2. The number of piperidine rings is 1. The highest BCUT2D eigenvalue weighted by molar-refractivity contribution is 6.04. The third kappa shape index (κ3) is 5.30. The molecule has 31 heavy (non-hydrogen) atoms. The molecule has 1 aliphatic rings. The fourth-order valence-electron chi connectivity index (χ4n) is 4.11. The summed E-state index contributed by atoms with van der Waals surface area (Å²) in [5, 5.41) is 7.94. The first-order valence-electron chi connectivity index (χ1n) is 10.9. The monoisotopic (exact) mass is 415 g/mol. The first-order chi connectivity index (χ1) is 15.0. The molecule has 1 aliphatic heterocycles. The summed E-state index contributed by atoms with van der Waals surface area (Å²) < 4.78 is 0. The summed E-state index contributed by atoms with van der Waals surface area (Å²) in [6, 6.07) is 20.1. The highest BCUT2D eigenvalue weighted by atomic mass is 16.2. The SMILES string of the molecule is Cc1ccc(C(=O)NC(=O)NC2CCN(Cc3ccc4ccccc4c3)CC2)cc1C. The molecule has 5 nitrogen and oxygen atoms in total. The van der Waals surface area contributed by atoms with Gasteiger partial charge in [-0.05, 0) is 72.4 Å². The lowest BCUT2D eigenvalue weighted by Crippen LogP contribution is -2.49. The van der Waals surface area contributed by atoms with Gasteiger partial charge in [0.15, 0.2) is 0 Å². The number of amides is 3. The standard InChI is InChI=1S/C26H29N3O2/c1-18-7-9-23(15-19(18)2)25(30)28-26(31)27-24-11-13-29(14-12-24)17-20-8-10-21-5-3-4-6-22(21)16-20/h3-10,15-16,24H,11-14,17H2,1-2H3,(H2,27,28,30,31). The maximum atomic E-state index is 12.3. The summed E-state index contributed by atoms with van der Waals surface area (Å²) in [5.74, 6) is -0.366. The van der Waals surface area contributed by atoms with Crippen LogP contribution in [0, 0.1) is 13.8 Å². The van der Waals surface area contributed by atoms with E-state index in [0.717, 1.165) is 43.6 Å². The zero-order valence-electron chi connectivity index (χ0n) is 18.2. The molecule has 0 spiro atoms. The van der Waals surface area contributed by atoms with Crippen LogP contribution in [0.1, 0.15) is 39.9 Å². The van der Waals surface area contributed by atoms with Gasteiger partial charge in [0, 0.05) is 31.2 Å². The second kappa shape index (κ2) is 9.31. The molecule has 1 heterocycles. The molecule has 160 valence electrons. The van der Waals surface area contributed by atoms with E-state index in [0.29, 0.717) is 5.56 Å². The minimum absolute atomic E-state index is 0.0837. The Morgan fingerprint density at radius 1 is 0.903 bits per heavy atom. The Balaban J connectivity index is 1.25. The van der Waals surface area contributed by atoms with E-state index in [9.17, 15) is 9.59 Å². The van der Waals surface area contributed by atoms with Crippen molar-refractivity contribution in [3.63, 3.8) is 0 Å². The van der Waals surface area contributed by atoms with Gasteiger partial charge in [0.2, 0.25) is 0 Å². The number of likely N-dealkylation sites (tertiary alicyclic amines) is 1. The van der Waals surface area contributed by atoms with Crippen molar-refractivity contribution < 1.29 is 9.59 Å². The highest BCUT2D eigenvalue weighted by Gasteiger charge is 2.21. The molecule has 0 aromatic heterocycles. The second-order valence-corrected chi connectivity index (χ2v) is 8.46. The summed E-state index contributed by atoms with van der Waals surface area (Å²) in [7, 11) is 0. The van der Waals surface area contributed by atoms with Crippen molar-refractivity contribution in [2.75, 3.05) is 13.1 Å². The minimum Gasteiger partial charge on any atom is -0.335 e. The lowest BCUT2D eigenvalue weighted by Gasteiger charge is -2.32. The van der Waals surface area contributed by atoms with E-state index in [-0.39, 0.29) is 11.9 Å². The average molecular weight is 416 g/mol. The normalized spacial score (nSPS) is 15.0. The Kier molecular flexibility index (Phi) is 6.33. The summed E-state index contributed by atoms with van der Waals surface area (Å²) >= 11 is 0. The summed E-state index contributed by atoms with van der Waals surface area (Å²) in [4.78, 5) is 27.0. The van der Waals surface area contributed by atoms with Crippen molar-refractivity contribution in [1.82, 2.24) is 15.5 Å². The number of carbonyl (C=O) groups excluding carboxylic acids is 2. The van der Waals surface area contributed by atoms with Gasteiger partial charge in [0.25, 0.3) is 5.91 Å². The number of rotatable bonds is 4. The summed E-state index contributed by atoms with van der Waals surface area (Å²) in [6.45, 7) is 6.70. The second-order valence-electron chi connectivity index (χ2n) is 8.46.